The predicted octanol–water partition coefficient (Wildman–Crippen LogP) is 3.16. The molecule has 1 amide bonds. The summed E-state index contributed by atoms with van der Waals surface area (Å²) < 4.78 is 0. The Morgan fingerprint density at radius 1 is 1.32 bits per heavy atom. The third-order valence-corrected chi connectivity index (χ3v) is 4.25. The molecule has 1 aromatic rings. The van der Waals surface area contributed by atoms with Gasteiger partial charge < -0.3 is 10.6 Å². The summed E-state index contributed by atoms with van der Waals surface area (Å²) in [4.78, 5) is 14.2. The third-order valence-electron chi connectivity index (χ3n) is 4.25. The van der Waals surface area contributed by atoms with Crippen LogP contribution in [0.4, 0.5) is 5.69 Å². The molecule has 0 heterocycles. The van der Waals surface area contributed by atoms with Crippen molar-refractivity contribution in [2.75, 3.05) is 12.8 Å². The molecule has 2 N–H and O–H groups in total. The summed E-state index contributed by atoms with van der Waals surface area (Å²) >= 11 is 0. The lowest BCUT2D eigenvalue weighted by Gasteiger charge is -2.25. The molecule has 3 nitrogen and oxygen atoms in total. The van der Waals surface area contributed by atoms with Crippen molar-refractivity contribution < 1.29 is 4.79 Å². The summed E-state index contributed by atoms with van der Waals surface area (Å²) in [6, 6.07) is 8.30. The molecule has 104 valence electrons. The molecular formula is C16H24N2O. The largest absolute Gasteiger partial charge is 0.399 e. The summed E-state index contributed by atoms with van der Waals surface area (Å²) in [5.74, 6) is 0.508. The van der Waals surface area contributed by atoms with E-state index < -0.39 is 0 Å². The van der Waals surface area contributed by atoms with Gasteiger partial charge in [-0.1, -0.05) is 31.9 Å². The van der Waals surface area contributed by atoms with Crippen LogP contribution in [0.3, 0.4) is 0 Å². The van der Waals surface area contributed by atoms with Crippen LogP contribution >= 0.6 is 0 Å². The SMILES string of the molecule is CC(CC(=O)N(C)C1CCCC1)c1ccc(N)cc1. The molecular weight excluding hydrogens is 236 g/mol. The molecule has 19 heavy (non-hydrogen) atoms. The zero-order chi connectivity index (χ0) is 13.8. The van der Waals surface area contributed by atoms with Crippen LogP contribution in [0.25, 0.3) is 0 Å². The first-order valence-electron chi connectivity index (χ1n) is 7.19. The lowest BCUT2D eigenvalue weighted by molar-refractivity contribution is -0.132. The number of carbonyl (C=O) groups excluding carboxylic acids is 1. The summed E-state index contributed by atoms with van der Waals surface area (Å²) in [6.45, 7) is 2.10. The van der Waals surface area contributed by atoms with Crippen molar-refractivity contribution >= 4 is 11.6 Å². The van der Waals surface area contributed by atoms with Gasteiger partial charge in [-0.05, 0) is 36.5 Å². The third kappa shape index (κ3) is 3.49. The number of amides is 1. The van der Waals surface area contributed by atoms with Crippen molar-refractivity contribution in [2.45, 2.75) is 51.0 Å². The molecule has 1 saturated carbocycles. The Bertz CT molecular complexity index is 421. The Kier molecular flexibility index (Phi) is 4.46. The number of hydrogen-bond acceptors (Lipinski definition) is 2. The van der Waals surface area contributed by atoms with Gasteiger partial charge in [0.25, 0.3) is 0 Å². The van der Waals surface area contributed by atoms with E-state index in [1.807, 2.05) is 36.2 Å². The molecule has 3 heteroatoms. The zero-order valence-corrected chi connectivity index (χ0v) is 11.9. The van der Waals surface area contributed by atoms with Crippen molar-refractivity contribution in [2.24, 2.45) is 0 Å². The van der Waals surface area contributed by atoms with Gasteiger partial charge in [-0.2, -0.15) is 0 Å². The minimum atomic E-state index is 0.247. The lowest BCUT2D eigenvalue weighted by atomic mass is 9.96. The van der Waals surface area contributed by atoms with Crippen LogP contribution in [-0.2, 0) is 4.79 Å². The monoisotopic (exact) mass is 260 g/mol. The number of benzene rings is 1. The first-order chi connectivity index (χ1) is 9.08. The Hall–Kier alpha value is -1.51. The Balaban J connectivity index is 1.92. The Morgan fingerprint density at radius 3 is 2.47 bits per heavy atom. The highest BCUT2D eigenvalue weighted by molar-refractivity contribution is 5.77. The van der Waals surface area contributed by atoms with Gasteiger partial charge in [-0.15, -0.1) is 0 Å². The summed E-state index contributed by atoms with van der Waals surface area (Å²) in [7, 11) is 1.95. The van der Waals surface area contributed by atoms with Crippen LogP contribution in [-0.4, -0.2) is 23.9 Å². The van der Waals surface area contributed by atoms with Crippen molar-refractivity contribution in [3.63, 3.8) is 0 Å². The fraction of sp³-hybridized carbons (Fsp3) is 0.562. The standard InChI is InChI=1S/C16H24N2O/c1-12(13-7-9-14(17)10-8-13)11-16(19)18(2)15-5-3-4-6-15/h7-10,12,15H,3-6,11,17H2,1-2H3. The maximum absolute atomic E-state index is 12.3. The molecule has 0 radical (unpaired) electrons. The molecule has 2 rings (SSSR count). The molecule has 1 aliphatic carbocycles. The van der Waals surface area contributed by atoms with Crippen LogP contribution in [0.15, 0.2) is 24.3 Å². The van der Waals surface area contributed by atoms with Gasteiger partial charge in [0, 0.05) is 25.2 Å². The summed E-state index contributed by atoms with van der Waals surface area (Å²) in [6.07, 6.45) is 5.43. The molecule has 0 spiro atoms. The fourth-order valence-electron chi connectivity index (χ4n) is 2.84. The molecule has 1 atom stereocenters. The fourth-order valence-corrected chi connectivity index (χ4v) is 2.84. The van der Waals surface area contributed by atoms with Crippen LogP contribution < -0.4 is 5.73 Å². The minimum absolute atomic E-state index is 0.247. The molecule has 1 aromatic carbocycles. The normalized spacial score (nSPS) is 17.4. The molecule has 0 saturated heterocycles. The highest BCUT2D eigenvalue weighted by Gasteiger charge is 2.24. The molecule has 0 aliphatic heterocycles. The van der Waals surface area contributed by atoms with E-state index in [0.29, 0.717) is 12.5 Å². The number of nitrogen functional groups attached to an aromatic ring is 1. The van der Waals surface area contributed by atoms with Gasteiger partial charge >= 0.3 is 0 Å². The van der Waals surface area contributed by atoms with E-state index in [0.717, 1.165) is 5.69 Å². The number of anilines is 1. The zero-order valence-electron chi connectivity index (χ0n) is 11.9. The van der Waals surface area contributed by atoms with E-state index in [-0.39, 0.29) is 11.8 Å². The highest BCUT2D eigenvalue weighted by atomic mass is 16.2. The smallest absolute Gasteiger partial charge is 0.223 e. The maximum atomic E-state index is 12.3. The van der Waals surface area contributed by atoms with Crippen molar-refractivity contribution in [1.82, 2.24) is 4.90 Å². The van der Waals surface area contributed by atoms with Crippen molar-refractivity contribution in [1.29, 1.82) is 0 Å². The number of hydrogen-bond donors (Lipinski definition) is 1. The number of nitrogens with zero attached hydrogens (tertiary/aromatic N) is 1. The maximum Gasteiger partial charge on any atom is 0.223 e. The van der Waals surface area contributed by atoms with Gasteiger partial charge in [0.05, 0.1) is 0 Å². The van der Waals surface area contributed by atoms with Gasteiger partial charge in [-0.25, -0.2) is 0 Å². The molecule has 1 unspecified atom stereocenters. The van der Waals surface area contributed by atoms with Gasteiger partial charge in [0.15, 0.2) is 0 Å². The first kappa shape index (κ1) is 13.9. The molecule has 0 bridgehead atoms. The van der Waals surface area contributed by atoms with Crippen molar-refractivity contribution in [3.8, 4) is 0 Å². The second kappa shape index (κ2) is 6.09. The Morgan fingerprint density at radius 2 is 1.89 bits per heavy atom. The van der Waals surface area contributed by atoms with Crippen molar-refractivity contribution in [3.05, 3.63) is 29.8 Å². The van der Waals surface area contributed by atoms with E-state index >= 15 is 0 Å². The second-order valence-corrected chi connectivity index (χ2v) is 5.71. The van der Waals surface area contributed by atoms with Gasteiger partial charge in [0.1, 0.15) is 0 Å². The second-order valence-electron chi connectivity index (χ2n) is 5.71. The topological polar surface area (TPSA) is 46.3 Å². The minimum Gasteiger partial charge on any atom is -0.399 e. The first-order valence-corrected chi connectivity index (χ1v) is 7.19. The number of carbonyl (C=O) groups is 1. The van der Waals surface area contributed by atoms with E-state index in [2.05, 4.69) is 6.92 Å². The van der Waals surface area contributed by atoms with E-state index in [1.165, 1.54) is 31.2 Å². The summed E-state index contributed by atoms with van der Waals surface area (Å²) in [5, 5.41) is 0. The van der Waals surface area contributed by atoms with Crippen LogP contribution in [0.5, 0.6) is 0 Å². The molecule has 1 fully saturated rings. The van der Waals surface area contributed by atoms with Crippen LogP contribution in [0.1, 0.15) is 50.5 Å². The van der Waals surface area contributed by atoms with Crippen LogP contribution in [0.2, 0.25) is 0 Å². The highest BCUT2D eigenvalue weighted by Crippen LogP contribution is 2.25. The van der Waals surface area contributed by atoms with Gasteiger partial charge in [-0.3, -0.25) is 4.79 Å². The number of nitrogens with two attached hydrogens (primary N) is 1. The average molecular weight is 260 g/mol. The quantitative estimate of drug-likeness (QED) is 0.845. The average Bonchev–Trinajstić information content (AvgIpc) is 2.92. The molecule has 0 aromatic heterocycles. The number of rotatable bonds is 4. The van der Waals surface area contributed by atoms with E-state index in [9.17, 15) is 4.79 Å². The Labute approximate surface area is 115 Å². The van der Waals surface area contributed by atoms with E-state index in [1.54, 1.807) is 0 Å². The predicted molar refractivity (Wildman–Crippen MR) is 78.9 cm³/mol. The van der Waals surface area contributed by atoms with Crippen LogP contribution in [0, 0.1) is 0 Å². The van der Waals surface area contributed by atoms with E-state index in [4.69, 9.17) is 5.73 Å². The van der Waals surface area contributed by atoms with Gasteiger partial charge in [0.2, 0.25) is 5.91 Å². The lowest BCUT2D eigenvalue weighted by Crippen LogP contribution is -2.35. The molecule has 1 aliphatic rings. The summed E-state index contributed by atoms with van der Waals surface area (Å²) in [5.41, 5.74) is 7.64.